The molecule has 4 rings (SSSR count). The highest BCUT2D eigenvalue weighted by atomic mass is 35.5. The smallest absolute Gasteiger partial charge is 0.335 e. The Kier molecular flexibility index (Phi) is 4.32. The number of aryl methyl sites for hydroxylation is 1. The Morgan fingerprint density at radius 2 is 1.82 bits per heavy atom. The standard InChI is InChI=1S/C22H17ClN2O3/c1-12-9-15(10-19-18-8-5-16(23)11-20(18)24-21(19)26)13(2)25(12)17-6-3-14(4-7-17)22(27)28/h3-11H,1-2H3,(H,24,26)(H,27,28)/b19-10+. The molecular formula is C22H17ClN2O3. The minimum absolute atomic E-state index is 0.159. The average molecular weight is 393 g/mol. The van der Waals surface area contributed by atoms with E-state index in [1.54, 1.807) is 36.4 Å². The van der Waals surface area contributed by atoms with Gasteiger partial charge in [-0.05, 0) is 68.0 Å². The van der Waals surface area contributed by atoms with Crippen molar-refractivity contribution in [1.82, 2.24) is 4.57 Å². The van der Waals surface area contributed by atoms with Crippen LogP contribution in [0.1, 0.15) is 32.9 Å². The minimum Gasteiger partial charge on any atom is -0.478 e. The number of aromatic carboxylic acids is 1. The number of rotatable bonds is 3. The number of carbonyl (C=O) groups excluding carboxylic acids is 1. The Balaban J connectivity index is 1.77. The number of benzene rings is 2. The van der Waals surface area contributed by atoms with Crippen molar-refractivity contribution in [3.8, 4) is 5.69 Å². The first kappa shape index (κ1) is 18.1. The number of fused-ring (bicyclic) bond motifs is 1. The molecule has 1 aliphatic rings. The fourth-order valence-corrected chi connectivity index (χ4v) is 3.72. The van der Waals surface area contributed by atoms with Gasteiger partial charge in [0.05, 0.1) is 11.3 Å². The van der Waals surface area contributed by atoms with Gasteiger partial charge >= 0.3 is 5.97 Å². The Hall–Kier alpha value is -3.31. The summed E-state index contributed by atoms with van der Waals surface area (Å²) in [6.45, 7) is 3.95. The summed E-state index contributed by atoms with van der Waals surface area (Å²) in [6, 6.07) is 14.1. The van der Waals surface area contributed by atoms with Gasteiger partial charge in [0.1, 0.15) is 0 Å². The maximum absolute atomic E-state index is 12.4. The summed E-state index contributed by atoms with van der Waals surface area (Å²) in [5.41, 5.74) is 6.11. The maximum atomic E-state index is 12.4. The van der Waals surface area contributed by atoms with Crippen LogP contribution in [0.3, 0.4) is 0 Å². The summed E-state index contributed by atoms with van der Waals surface area (Å²) in [7, 11) is 0. The molecule has 0 spiro atoms. The van der Waals surface area contributed by atoms with Gasteiger partial charge in [-0.15, -0.1) is 0 Å². The molecular weight excluding hydrogens is 376 g/mol. The predicted octanol–water partition coefficient (Wildman–Crippen LogP) is 4.94. The summed E-state index contributed by atoms with van der Waals surface area (Å²) in [4.78, 5) is 23.5. The summed E-state index contributed by atoms with van der Waals surface area (Å²) in [5.74, 6) is -1.11. The average Bonchev–Trinajstić information content (AvgIpc) is 3.10. The zero-order valence-corrected chi connectivity index (χ0v) is 16.0. The van der Waals surface area contributed by atoms with E-state index in [4.69, 9.17) is 16.7 Å². The van der Waals surface area contributed by atoms with E-state index in [0.717, 1.165) is 28.2 Å². The van der Waals surface area contributed by atoms with Crippen molar-refractivity contribution in [2.24, 2.45) is 0 Å². The molecule has 2 heterocycles. The molecule has 5 nitrogen and oxygen atoms in total. The lowest BCUT2D eigenvalue weighted by atomic mass is 10.0. The van der Waals surface area contributed by atoms with E-state index >= 15 is 0 Å². The van der Waals surface area contributed by atoms with Crippen LogP contribution in [0.2, 0.25) is 5.02 Å². The fraction of sp³-hybridized carbons (Fsp3) is 0.0909. The third-order valence-electron chi connectivity index (χ3n) is 4.91. The molecule has 1 aliphatic heterocycles. The topological polar surface area (TPSA) is 71.3 Å². The zero-order valence-electron chi connectivity index (χ0n) is 15.3. The van der Waals surface area contributed by atoms with E-state index in [0.29, 0.717) is 16.3 Å². The molecule has 140 valence electrons. The van der Waals surface area contributed by atoms with Gasteiger partial charge in [0.25, 0.3) is 5.91 Å². The molecule has 0 saturated carbocycles. The van der Waals surface area contributed by atoms with Gasteiger partial charge in [-0.2, -0.15) is 0 Å². The van der Waals surface area contributed by atoms with Crippen LogP contribution in [0, 0.1) is 13.8 Å². The zero-order chi connectivity index (χ0) is 20.0. The number of carboxylic acids is 1. The van der Waals surface area contributed by atoms with Crippen LogP contribution in [-0.4, -0.2) is 21.6 Å². The summed E-state index contributed by atoms with van der Waals surface area (Å²) < 4.78 is 2.04. The Morgan fingerprint density at radius 3 is 2.50 bits per heavy atom. The van der Waals surface area contributed by atoms with E-state index in [1.165, 1.54) is 0 Å². The van der Waals surface area contributed by atoms with Crippen LogP contribution in [0.4, 0.5) is 5.69 Å². The molecule has 0 aliphatic carbocycles. The lowest BCUT2D eigenvalue weighted by Crippen LogP contribution is -2.04. The Morgan fingerprint density at radius 1 is 1.11 bits per heavy atom. The van der Waals surface area contributed by atoms with Crippen LogP contribution >= 0.6 is 11.6 Å². The van der Waals surface area contributed by atoms with Crippen molar-refractivity contribution >= 4 is 40.8 Å². The fourth-order valence-electron chi connectivity index (χ4n) is 3.55. The molecule has 2 aromatic carbocycles. The highest BCUT2D eigenvalue weighted by Crippen LogP contribution is 2.35. The van der Waals surface area contributed by atoms with E-state index in [2.05, 4.69) is 5.32 Å². The number of nitrogens with zero attached hydrogens (tertiary/aromatic N) is 1. The number of aromatic nitrogens is 1. The van der Waals surface area contributed by atoms with E-state index in [9.17, 15) is 9.59 Å². The number of nitrogens with one attached hydrogen (secondary N) is 1. The molecule has 0 bridgehead atoms. The largest absolute Gasteiger partial charge is 0.478 e. The second-order valence-electron chi connectivity index (χ2n) is 6.72. The van der Waals surface area contributed by atoms with Gasteiger partial charge in [-0.25, -0.2) is 4.79 Å². The van der Waals surface area contributed by atoms with Crippen molar-refractivity contribution < 1.29 is 14.7 Å². The van der Waals surface area contributed by atoms with E-state index in [-0.39, 0.29) is 11.5 Å². The van der Waals surface area contributed by atoms with Crippen molar-refractivity contribution in [3.63, 3.8) is 0 Å². The molecule has 2 N–H and O–H groups in total. The normalized spacial score (nSPS) is 14.2. The number of hydrogen-bond donors (Lipinski definition) is 2. The first-order valence-electron chi connectivity index (χ1n) is 8.71. The lowest BCUT2D eigenvalue weighted by Gasteiger charge is -2.10. The number of halogens is 1. The van der Waals surface area contributed by atoms with Crippen LogP contribution in [-0.2, 0) is 4.79 Å². The van der Waals surface area contributed by atoms with Gasteiger partial charge in [0, 0.05) is 33.2 Å². The number of carboxylic acid groups (broad SMARTS) is 1. The van der Waals surface area contributed by atoms with Crippen LogP contribution in [0.15, 0.2) is 48.5 Å². The van der Waals surface area contributed by atoms with E-state index in [1.807, 2.05) is 36.6 Å². The Bertz CT molecular complexity index is 1160. The minimum atomic E-state index is -0.955. The second kappa shape index (κ2) is 6.69. The summed E-state index contributed by atoms with van der Waals surface area (Å²) in [5, 5.41) is 12.5. The van der Waals surface area contributed by atoms with Crippen molar-refractivity contribution in [1.29, 1.82) is 0 Å². The molecule has 0 saturated heterocycles. The third-order valence-corrected chi connectivity index (χ3v) is 5.14. The highest BCUT2D eigenvalue weighted by molar-refractivity contribution is 6.36. The van der Waals surface area contributed by atoms with Gasteiger partial charge in [-0.3, -0.25) is 4.79 Å². The van der Waals surface area contributed by atoms with Crippen molar-refractivity contribution in [2.75, 3.05) is 5.32 Å². The first-order chi connectivity index (χ1) is 13.3. The molecule has 1 amide bonds. The first-order valence-corrected chi connectivity index (χ1v) is 9.08. The van der Waals surface area contributed by atoms with Crippen LogP contribution in [0.25, 0.3) is 17.3 Å². The van der Waals surface area contributed by atoms with E-state index < -0.39 is 5.97 Å². The summed E-state index contributed by atoms with van der Waals surface area (Å²) in [6.07, 6.45) is 1.87. The van der Waals surface area contributed by atoms with Gasteiger partial charge in [-0.1, -0.05) is 17.7 Å². The molecule has 0 radical (unpaired) electrons. The van der Waals surface area contributed by atoms with Crippen LogP contribution < -0.4 is 5.32 Å². The van der Waals surface area contributed by atoms with Gasteiger partial charge in [0.2, 0.25) is 0 Å². The summed E-state index contributed by atoms with van der Waals surface area (Å²) >= 11 is 6.02. The highest BCUT2D eigenvalue weighted by Gasteiger charge is 2.25. The molecule has 0 unspecified atom stereocenters. The molecule has 0 atom stereocenters. The molecule has 6 heteroatoms. The monoisotopic (exact) mass is 392 g/mol. The number of amides is 1. The number of carbonyl (C=O) groups is 2. The molecule has 1 aromatic heterocycles. The maximum Gasteiger partial charge on any atom is 0.335 e. The quantitative estimate of drug-likeness (QED) is 0.620. The second-order valence-corrected chi connectivity index (χ2v) is 7.15. The molecule has 0 fully saturated rings. The third kappa shape index (κ3) is 3.00. The number of hydrogen-bond acceptors (Lipinski definition) is 2. The molecule has 3 aromatic rings. The predicted molar refractivity (Wildman–Crippen MR) is 110 cm³/mol. The van der Waals surface area contributed by atoms with Crippen LogP contribution in [0.5, 0.6) is 0 Å². The van der Waals surface area contributed by atoms with Gasteiger partial charge < -0.3 is 15.0 Å². The number of anilines is 1. The lowest BCUT2D eigenvalue weighted by molar-refractivity contribution is -0.110. The molecule has 28 heavy (non-hydrogen) atoms. The van der Waals surface area contributed by atoms with Crippen molar-refractivity contribution in [2.45, 2.75) is 13.8 Å². The van der Waals surface area contributed by atoms with Crippen molar-refractivity contribution in [3.05, 3.63) is 81.6 Å². The SMILES string of the molecule is Cc1cc(/C=C2/C(=O)Nc3cc(Cl)ccc32)c(C)n1-c1ccc(C(=O)O)cc1. The Labute approximate surface area is 166 Å². The van der Waals surface area contributed by atoms with Gasteiger partial charge in [0.15, 0.2) is 0 Å².